The van der Waals surface area contributed by atoms with Gasteiger partial charge in [0.05, 0.1) is 12.5 Å². The average Bonchev–Trinajstić information content (AvgIpc) is 2.76. The second-order valence-electron chi connectivity index (χ2n) is 8.07. The minimum Gasteiger partial charge on any atom is -0.359 e. The predicted octanol–water partition coefficient (Wildman–Crippen LogP) is 4.31. The van der Waals surface area contributed by atoms with Crippen LogP contribution in [0.25, 0.3) is 0 Å². The maximum absolute atomic E-state index is 13.1. The van der Waals surface area contributed by atoms with Crippen LogP contribution in [0.5, 0.6) is 0 Å². The fourth-order valence-electron chi connectivity index (χ4n) is 4.30. The maximum Gasteiger partial charge on any atom is 0.234 e. The Bertz CT molecular complexity index is 999. The summed E-state index contributed by atoms with van der Waals surface area (Å²) in [6, 6.07) is 14.7. The number of nitrogens with one attached hydrogen (secondary N) is 2. The summed E-state index contributed by atoms with van der Waals surface area (Å²) < 4.78 is 0. The smallest absolute Gasteiger partial charge is 0.234 e. The third kappa shape index (κ3) is 5.20. The highest BCUT2D eigenvalue weighted by molar-refractivity contribution is 7.80. The molecule has 31 heavy (non-hydrogen) atoms. The van der Waals surface area contributed by atoms with Crippen molar-refractivity contribution < 1.29 is 9.59 Å². The van der Waals surface area contributed by atoms with Gasteiger partial charge >= 0.3 is 0 Å². The number of amides is 2. The van der Waals surface area contributed by atoms with Crippen LogP contribution in [0.4, 0.5) is 0 Å². The molecule has 162 valence electrons. The summed E-state index contributed by atoms with van der Waals surface area (Å²) in [6.07, 6.45) is 1.93. The van der Waals surface area contributed by atoms with Gasteiger partial charge < -0.3 is 10.6 Å². The van der Waals surface area contributed by atoms with E-state index in [1.165, 1.54) is 0 Å². The molecule has 3 unspecified atom stereocenters. The molecule has 1 saturated carbocycles. The van der Waals surface area contributed by atoms with E-state index in [1.54, 1.807) is 23.1 Å². The molecule has 5 nitrogen and oxygen atoms in total. The largest absolute Gasteiger partial charge is 0.359 e. The Morgan fingerprint density at radius 2 is 1.87 bits per heavy atom. The molecule has 1 aliphatic carbocycles. The van der Waals surface area contributed by atoms with E-state index in [1.807, 2.05) is 30.3 Å². The Kier molecular flexibility index (Phi) is 6.80. The van der Waals surface area contributed by atoms with Gasteiger partial charge in [-0.25, -0.2) is 0 Å². The molecular formula is C23H23Cl2N3O2S. The minimum absolute atomic E-state index is 0.00202. The Morgan fingerprint density at radius 3 is 2.61 bits per heavy atom. The monoisotopic (exact) mass is 475 g/mol. The van der Waals surface area contributed by atoms with E-state index < -0.39 is 0 Å². The molecule has 0 radical (unpaired) electrons. The lowest BCUT2D eigenvalue weighted by Gasteiger charge is -2.43. The number of carbonyl (C=O) groups is 2. The highest BCUT2D eigenvalue weighted by Crippen LogP contribution is 2.34. The van der Waals surface area contributed by atoms with Crippen molar-refractivity contribution in [2.45, 2.75) is 38.4 Å². The minimum atomic E-state index is -0.170. The van der Waals surface area contributed by atoms with Crippen molar-refractivity contribution in [1.82, 2.24) is 15.5 Å². The van der Waals surface area contributed by atoms with Crippen molar-refractivity contribution >= 4 is 52.3 Å². The third-order valence-corrected chi connectivity index (χ3v) is 6.79. The normalized spacial score (nSPS) is 23.2. The number of rotatable bonds is 5. The van der Waals surface area contributed by atoms with Gasteiger partial charge in [0.2, 0.25) is 11.8 Å². The first kappa shape index (κ1) is 22.1. The van der Waals surface area contributed by atoms with Gasteiger partial charge in [0.15, 0.2) is 5.11 Å². The number of hydrogen-bond donors (Lipinski definition) is 2. The third-order valence-electron chi connectivity index (χ3n) is 5.97. The van der Waals surface area contributed by atoms with E-state index in [0.717, 1.165) is 11.1 Å². The van der Waals surface area contributed by atoms with E-state index in [9.17, 15) is 9.59 Å². The van der Waals surface area contributed by atoms with E-state index in [0.29, 0.717) is 47.5 Å². The van der Waals surface area contributed by atoms with Crippen LogP contribution >= 0.6 is 35.4 Å². The molecule has 0 bridgehead atoms. The van der Waals surface area contributed by atoms with Crippen molar-refractivity contribution in [3.8, 4) is 0 Å². The van der Waals surface area contributed by atoms with Crippen LogP contribution in [0.3, 0.4) is 0 Å². The topological polar surface area (TPSA) is 61.4 Å². The SMILES string of the molecule is O=C(NCc1cccc(Cl)c1)C1CCC2C(=O)N(Cc3ccc(Cl)cc3)C(=S)NC2C1. The number of hydrogen-bond acceptors (Lipinski definition) is 3. The van der Waals surface area contributed by atoms with Crippen LogP contribution in [0.1, 0.15) is 30.4 Å². The lowest BCUT2D eigenvalue weighted by Crippen LogP contribution is -2.61. The number of nitrogens with zero attached hydrogens (tertiary/aromatic N) is 1. The molecule has 0 spiro atoms. The first-order valence-corrected chi connectivity index (χ1v) is 11.5. The van der Waals surface area contributed by atoms with Gasteiger partial charge in [-0.05, 0) is 66.9 Å². The van der Waals surface area contributed by atoms with Crippen LogP contribution in [0, 0.1) is 11.8 Å². The van der Waals surface area contributed by atoms with E-state index in [4.69, 9.17) is 35.4 Å². The summed E-state index contributed by atoms with van der Waals surface area (Å²) in [6.45, 7) is 0.845. The van der Waals surface area contributed by atoms with Gasteiger partial charge in [-0.2, -0.15) is 0 Å². The van der Waals surface area contributed by atoms with Crippen LogP contribution < -0.4 is 10.6 Å². The number of benzene rings is 2. The number of carbonyl (C=O) groups excluding carboxylic acids is 2. The van der Waals surface area contributed by atoms with Crippen molar-refractivity contribution in [3.63, 3.8) is 0 Å². The molecule has 8 heteroatoms. The Hall–Kier alpha value is -2.15. The highest BCUT2D eigenvalue weighted by Gasteiger charge is 2.44. The summed E-state index contributed by atoms with van der Waals surface area (Å²) in [5.74, 6) is -0.286. The molecule has 1 aliphatic heterocycles. The quantitative estimate of drug-likeness (QED) is 0.632. The number of thiocarbonyl (C=S) groups is 1. The lowest BCUT2D eigenvalue weighted by atomic mass is 9.76. The summed E-state index contributed by atoms with van der Waals surface area (Å²) in [5.41, 5.74) is 1.92. The van der Waals surface area contributed by atoms with Gasteiger partial charge in [0, 0.05) is 28.5 Å². The molecule has 4 rings (SSSR count). The molecule has 2 fully saturated rings. The standard InChI is InChI=1S/C23H23Cl2N3O2S/c24-17-7-4-14(5-8-17)13-28-22(30)19-9-6-16(11-20(19)27-23(28)31)21(29)26-12-15-2-1-3-18(25)10-15/h1-5,7-8,10,16,19-20H,6,9,11-13H2,(H,26,29)(H,27,31). The second-order valence-corrected chi connectivity index (χ2v) is 9.33. The molecule has 2 aromatic rings. The molecule has 3 atom stereocenters. The first-order chi connectivity index (χ1) is 14.9. The summed E-state index contributed by atoms with van der Waals surface area (Å²) >= 11 is 17.4. The zero-order valence-electron chi connectivity index (χ0n) is 16.8. The first-order valence-electron chi connectivity index (χ1n) is 10.3. The molecule has 2 N–H and O–H groups in total. The van der Waals surface area contributed by atoms with E-state index >= 15 is 0 Å². The van der Waals surface area contributed by atoms with Gasteiger partial charge in [0.25, 0.3) is 0 Å². The van der Waals surface area contributed by atoms with Crippen molar-refractivity contribution in [1.29, 1.82) is 0 Å². The van der Waals surface area contributed by atoms with Crippen molar-refractivity contribution in [3.05, 3.63) is 69.7 Å². The van der Waals surface area contributed by atoms with Crippen LogP contribution in [-0.2, 0) is 22.7 Å². The number of halogens is 2. The fourth-order valence-corrected chi connectivity index (χ4v) is 4.95. The Balaban J connectivity index is 1.35. The molecule has 2 aliphatic rings. The highest BCUT2D eigenvalue weighted by atomic mass is 35.5. The Labute approximate surface area is 197 Å². The van der Waals surface area contributed by atoms with Gasteiger partial charge in [0.1, 0.15) is 0 Å². The lowest BCUT2D eigenvalue weighted by molar-refractivity contribution is -0.138. The van der Waals surface area contributed by atoms with Crippen LogP contribution in [-0.4, -0.2) is 27.9 Å². The summed E-state index contributed by atoms with van der Waals surface area (Å²) in [5, 5.41) is 8.02. The predicted molar refractivity (Wildman–Crippen MR) is 126 cm³/mol. The molecule has 1 saturated heterocycles. The zero-order valence-corrected chi connectivity index (χ0v) is 19.1. The number of fused-ring (bicyclic) bond motifs is 1. The zero-order chi connectivity index (χ0) is 22.0. The van der Waals surface area contributed by atoms with Gasteiger partial charge in [-0.3, -0.25) is 14.5 Å². The summed E-state index contributed by atoms with van der Waals surface area (Å²) in [4.78, 5) is 27.5. The van der Waals surface area contributed by atoms with E-state index in [-0.39, 0.29) is 29.7 Å². The van der Waals surface area contributed by atoms with E-state index in [2.05, 4.69) is 10.6 Å². The van der Waals surface area contributed by atoms with Gasteiger partial charge in [-0.15, -0.1) is 0 Å². The van der Waals surface area contributed by atoms with Crippen LogP contribution in [0.15, 0.2) is 48.5 Å². The average molecular weight is 476 g/mol. The molecule has 0 aromatic heterocycles. The van der Waals surface area contributed by atoms with Crippen molar-refractivity contribution in [2.24, 2.45) is 11.8 Å². The van der Waals surface area contributed by atoms with Gasteiger partial charge in [-0.1, -0.05) is 47.5 Å². The van der Waals surface area contributed by atoms with Crippen molar-refractivity contribution in [2.75, 3.05) is 0 Å². The fraction of sp³-hybridized carbons (Fsp3) is 0.348. The van der Waals surface area contributed by atoms with Crippen LogP contribution in [0.2, 0.25) is 10.0 Å². The maximum atomic E-state index is 13.1. The summed E-state index contributed by atoms with van der Waals surface area (Å²) in [7, 11) is 0. The Morgan fingerprint density at radius 1 is 1.10 bits per heavy atom. The molecule has 2 amide bonds. The molecule has 2 aromatic carbocycles. The second kappa shape index (κ2) is 9.55. The molecular weight excluding hydrogens is 453 g/mol. The molecule has 1 heterocycles.